The van der Waals surface area contributed by atoms with E-state index in [9.17, 15) is 23.5 Å². The number of amides is 2. The van der Waals surface area contributed by atoms with Crippen LogP contribution in [0.5, 0.6) is 0 Å². The van der Waals surface area contributed by atoms with E-state index in [1.165, 1.54) is 4.90 Å². The van der Waals surface area contributed by atoms with Crippen molar-refractivity contribution in [3.05, 3.63) is 95.3 Å². The van der Waals surface area contributed by atoms with Crippen LogP contribution in [0.25, 0.3) is 0 Å². The summed E-state index contributed by atoms with van der Waals surface area (Å²) in [5, 5.41) is 14.0. The number of aromatic nitrogens is 1. The second-order valence-electron chi connectivity index (χ2n) is 10.2. The third-order valence-corrected chi connectivity index (χ3v) is 7.56. The van der Waals surface area contributed by atoms with Crippen molar-refractivity contribution >= 4 is 23.2 Å². The van der Waals surface area contributed by atoms with Gasteiger partial charge >= 0.3 is 0 Å². The fraction of sp³-hybridized carbons (Fsp3) is 0.333. The maximum Gasteiger partial charge on any atom is 0.272 e. The third kappa shape index (κ3) is 5.06. The number of carbonyl (C=O) groups is 2. The lowest BCUT2D eigenvalue weighted by Crippen LogP contribution is -2.57. The maximum absolute atomic E-state index is 14.4. The maximum atomic E-state index is 14.4. The number of aliphatic imine (C=N–C) groups is 1. The van der Waals surface area contributed by atoms with E-state index < -0.39 is 41.1 Å². The fourth-order valence-electron chi connectivity index (χ4n) is 5.33. The molecule has 0 spiro atoms. The standard InChI is InChI=1S/C30H30F2N4O3/c1-3-25(37)30(17-18-11-12-18,19-14-20(31)16-21(32)15-19)29(39)35-27-28(38)36(2)24-10-5-4-8-22(24)26(34-27)23-9-6-7-13-33-23/h4-10,13-16,18,25,27,37H,3,11-12,17H2,1-2H3,(H,35,39)/t25-,27?,30+/m0/s1. The number of fused-ring (bicyclic) bond motifs is 1. The minimum Gasteiger partial charge on any atom is -0.392 e. The topological polar surface area (TPSA) is 94.9 Å². The average Bonchev–Trinajstić information content (AvgIpc) is 3.77. The molecule has 1 aliphatic carbocycles. The number of nitrogens with one attached hydrogen (secondary N) is 1. The Kier molecular flexibility index (Phi) is 7.27. The van der Waals surface area contributed by atoms with Crippen molar-refractivity contribution in [3.8, 4) is 0 Å². The zero-order valence-electron chi connectivity index (χ0n) is 21.8. The number of aliphatic hydroxyl groups is 1. The summed E-state index contributed by atoms with van der Waals surface area (Å²) in [5.74, 6) is -2.81. The number of carbonyl (C=O) groups excluding carboxylic acids is 2. The molecule has 5 rings (SSSR count). The number of benzene rings is 2. The molecule has 9 heteroatoms. The lowest BCUT2D eigenvalue weighted by atomic mass is 9.70. The minimum absolute atomic E-state index is 0.0328. The van der Waals surface area contributed by atoms with Crippen LogP contribution in [0, 0.1) is 17.6 Å². The molecule has 2 amide bonds. The largest absolute Gasteiger partial charge is 0.392 e. The molecule has 1 saturated carbocycles. The van der Waals surface area contributed by atoms with Crippen molar-refractivity contribution in [2.24, 2.45) is 10.9 Å². The predicted octanol–water partition coefficient (Wildman–Crippen LogP) is 4.12. The van der Waals surface area contributed by atoms with E-state index in [0.29, 0.717) is 22.7 Å². The van der Waals surface area contributed by atoms with Gasteiger partial charge in [0.2, 0.25) is 12.1 Å². The van der Waals surface area contributed by atoms with Gasteiger partial charge in [0.05, 0.1) is 23.2 Å². The number of rotatable bonds is 8. The predicted molar refractivity (Wildman–Crippen MR) is 143 cm³/mol. The smallest absolute Gasteiger partial charge is 0.272 e. The molecule has 2 aliphatic rings. The number of likely N-dealkylation sites (N-methyl/N-ethyl adjacent to an activating group) is 1. The number of aliphatic hydroxyl groups excluding tert-OH is 1. The van der Waals surface area contributed by atoms with Gasteiger partial charge in [-0.25, -0.2) is 13.8 Å². The Morgan fingerprint density at radius 1 is 1.13 bits per heavy atom. The van der Waals surface area contributed by atoms with E-state index in [4.69, 9.17) is 0 Å². The number of halogens is 2. The van der Waals surface area contributed by atoms with Crippen LogP contribution in [-0.4, -0.2) is 46.9 Å². The summed E-state index contributed by atoms with van der Waals surface area (Å²) in [6.07, 6.45) is 1.01. The van der Waals surface area contributed by atoms with Crippen LogP contribution in [0.2, 0.25) is 0 Å². The Morgan fingerprint density at radius 3 is 2.46 bits per heavy atom. The molecular weight excluding hydrogens is 502 g/mol. The van der Waals surface area contributed by atoms with E-state index in [1.54, 1.807) is 50.5 Å². The van der Waals surface area contributed by atoms with Crippen LogP contribution < -0.4 is 10.2 Å². The van der Waals surface area contributed by atoms with Gasteiger partial charge in [-0.2, -0.15) is 0 Å². The van der Waals surface area contributed by atoms with E-state index in [0.717, 1.165) is 31.0 Å². The van der Waals surface area contributed by atoms with Crippen molar-refractivity contribution in [2.45, 2.75) is 50.3 Å². The summed E-state index contributed by atoms with van der Waals surface area (Å²) in [4.78, 5) is 38.4. The summed E-state index contributed by atoms with van der Waals surface area (Å²) in [5.41, 5.74) is 0.525. The van der Waals surface area contributed by atoms with Crippen LogP contribution in [0.15, 0.2) is 71.9 Å². The Labute approximate surface area is 225 Å². The van der Waals surface area contributed by atoms with E-state index in [1.807, 2.05) is 12.1 Å². The number of nitrogens with zero attached hydrogens (tertiary/aromatic N) is 3. The molecule has 2 N–H and O–H groups in total. The highest BCUT2D eigenvalue weighted by Gasteiger charge is 2.50. The van der Waals surface area contributed by atoms with E-state index in [2.05, 4.69) is 15.3 Å². The molecule has 39 heavy (non-hydrogen) atoms. The van der Waals surface area contributed by atoms with Crippen LogP contribution in [-0.2, 0) is 15.0 Å². The summed E-state index contributed by atoms with van der Waals surface area (Å²) in [6, 6.07) is 15.5. The first kappa shape index (κ1) is 26.6. The quantitative estimate of drug-likeness (QED) is 0.456. The SMILES string of the molecule is CC[C@H](O)[C@](CC1CC1)(C(=O)NC1N=C(c2ccccn2)c2ccccc2N(C)C1=O)c1cc(F)cc(F)c1. The molecule has 202 valence electrons. The lowest BCUT2D eigenvalue weighted by molar-refractivity contribution is -0.135. The summed E-state index contributed by atoms with van der Waals surface area (Å²) in [6.45, 7) is 1.70. The number of benzodiazepines with no additional fused rings is 1. The van der Waals surface area contributed by atoms with Crippen LogP contribution in [0.4, 0.5) is 14.5 Å². The number of pyridine rings is 1. The highest BCUT2D eigenvalue weighted by molar-refractivity contribution is 6.19. The van der Waals surface area contributed by atoms with Gasteiger partial charge in [-0.15, -0.1) is 0 Å². The highest BCUT2D eigenvalue weighted by Crippen LogP contribution is 2.45. The molecule has 0 bridgehead atoms. The zero-order valence-corrected chi connectivity index (χ0v) is 21.8. The van der Waals surface area contributed by atoms with Gasteiger partial charge in [-0.1, -0.05) is 44.0 Å². The molecule has 7 nitrogen and oxygen atoms in total. The fourth-order valence-corrected chi connectivity index (χ4v) is 5.33. The van der Waals surface area contributed by atoms with Crippen LogP contribution >= 0.6 is 0 Å². The first-order chi connectivity index (χ1) is 18.7. The average molecular weight is 533 g/mol. The van der Waals surface area contributed by atoms with Crippen molar-refractivity contribution < 1.29 is 23.5 Å². The van der Waals surface area contributed by atoms with E-state index >= 15 is 0 Å². The third-order valence-electron chi connectivity index (χ3n) is 7.56. The zero-order chi connectivity index (χ0) is 27.7. The first-order valence-corrected chi connectivity index (χ1v) is 13.1. The van der Waals surface area contributed by atoms with Crippen LogP contribution in [0.1, 0.15) is 49.4 Å². The highest BCUT2D eigenvalue weighted by atomic mass is 19.1. The van der Waals surface area contributed by atoms with Crippen LogP contribution in [0.3, 0.4) is 0 Å². The molecule has 2 heterocycles. The molecule has 0 saturated heterocycles. The Balaban J connectivity index is 1.62. The molecule has 0 radical (unpaired) electrons. The van der Waals surface area contributed by atoms with Crippen molar-refractivity contribution in [1.82, 2.24) is 10.3 Å². The molecule has 2 aromatic carbocycles. The first-order valence-electron chi connectivity index (χ1n) is 13.1. The molecule has 3 atom stereocenters. The number of para-hydroxylation sites is 1. The van der Waals surface area contributed by atoms with Gasteiger partial charge in [-0.05, 0) is 54.7 Å². The summed E-state index contributed by atoms with van der Waals surface area (Å²) < 4.78 is 28.8. The molecule has 3 aromatic rings. The van der Waals surface area contributed by atoms with Gasteiger partial charge in [0.25, 0.3) is 5.91 Å². The lowest BCUT2D eigenvalue weighted by Gasteiger charge is -2.38. The number of hydrogen-bond acceptors (Lipinski definition) is 5. The van der Waals surface area contributed by atoms with Gasteiger partial charge in [0.1, 0.15) is 17.0 Å². The minimum atomic E-state index is -1.68. The summed E-state index contributed by atoms with van der Waals surface area (Å²) in [7, 11) is 1.59. The van der Waals surface area contributed by atoms with Crippen molar-refractivity contribution in [2.75, 3.05) is 11.9 Å². The Bertz CT molecular complexity index is 1410. The monoisotopic (exact) mass is 532 g/mol. The molecule has 1 fully saturated rings. The number of hydrogen-bond donors (Lipinski definition) is 2. The number of anilines is 1. The Hall–Kier alpha value is -3.98. The van der Waals surface area contributed by atoms with Gasteiger partial charge in [0.15, 0.2) is 0 Å². The summed E-state index contributed by atoms with van der Waals surface area (Å²) >= 11 is 0. The molecule has 1 unspecified atom stereocenters. The van der Waals surface area contributed by atoms with Gasteiger partial charge in [-0.3, -0.25) is 14.6 Å². The molecular formula is C30H30F2N4O3. The van der Waals surface area contributed by atoms with Gasteiger partial charge < -0.3 is 15.3 Å². The normalized spacial score (nSPS) is 19.4. The second-order valence-corrected chi connectivity index (χ2v) is 10.2. The molecule has 1 aliphatic heterocycles. The van der Waals surface area contributed by atoms with E-state index in [-0.39, 0.29) is 24.3 Å². The van der Waals surface area contributed by atoms with Crippen molar-refractivity contribution in [3.63, 3.8) is 0 Å². The molecule has 1 aromatic heterocycles. The van der Waals surface area contributed by atoms with Gasteiger partial charge in [0, 0.05) is 24.9 Å². The second kappa shape index (κ2) is 10.6. The van der Waals surface area contributed by atoms with Crippen molar-refractivity contribution in [1.29, 1.82) is 0 Å². The Morgan fingerprint density at radius 2 is 1.82 bits per heavy atom.